The number of carbonyl (C=O) groups is 1. The third kappa shape index (κ3) is 2.33. The highest BCUT2D eigenvalue weighted by Crippen LogP contribution is 2.56. The SMILES string of the molecule is O=C(C1[C@@H]2CCCC[C@@H]12)N1C[C@@H](CO)[C@H](c2ccsc2)C1. The Morgan fingerprint density at radius 1 is 1.29 bits per heavy atom. The van der Waals surface area contributed by atoms with Gasteiger partial charge in [0, 0.05) is 37.5 Å². The molecule has 0 unspecified atom stereocenters. The maximum atomic E-state index is 12.8. The van der Waals surface area contributed by atoms with Crippen molar-refractivity contribution in [3.63, 3.8) is 0 Å². The molecule has 3 aliphatic rings. The summed E-state index contributed by atoms with van der Waals surface area (Å²) in [4.78, 5) is 14.8. The summed E-state index contributed by atoms with van der Waals surface area (Å²) in [5.41, 5.74) is 1.29. The maximum Gasteiger partial charge on any atom is 0.226 e. The van der Waals surface area contributed by atoms with Gasteiger partial charge in [0.1, 0.15) is 0 Å². The Labute approximate surface area is 130 Å². The molecule has 2 aliphatic carbocycles. The minimum atomic E-state index is 0.182. The molecular weight excluding hydrogens is 282 g/mol. The molecule has 0 bridgehead atoms. The number of nitrogens with zero attached hydrogens (tertiary/aromatic N) is 1. The summed E-state index contributed by atoms with van der Waals surface area (Å²) >= 11 is 1.70. The lowest BCUT2D eigenvalue weighted by atomic mass is 9.92. The Morgan fingerprint density at radius 3 is 2.67 bits per heavy atom. The predicted molar refractivity (Wildman–Crippen MR) is 83.2 cm³/mol. The zero-order valence-corrected chi connectivity index (χ0v) is 13.1. The Morgan fingerprint density at radius 2 is 2.05 bits per heavy atom. The normalized spacial score (nSPS) is 38.3. The van der Waals surface area contributed by atoms with Crippen molar-refractivity contribution in [2.45, 2.75) is 31.6 Å². The van der Waals surface area contributed by atoms with E-state index in [-0.39, 0.29) is 12.5 Å². The van der Waals surface area contributed by atoms with E-state index in [1.165, 1.54) is 31.2 Å². The summed E-state index contributed by atoms with van der Waals surface area (Å²) < 4.78 is 0. The molecule has 3 fully saturated rings. The van der Waals surface area contributed by atoms with E-state index in [1.54, 1.807) is 11.3 Å². The number of carbonyl (C=O) groups excluding carboxylic acids is 1. The highest BCUT2D eigenvalue weighted by Gasteiger charge is 2.56. The summed E-state index contributed by atoms with van der Waals surface area (Å²) in [5.74, 6) is 2.59. The topological polar surface area (TPSA) is 40.5 Å². The first kappa shape index (κ1) is 13.8. The molecule has 1 aromatic rings. The van der Waals surface area contributed by atoms with Crippen LogP contribution in [0.3, 0.4) is 0 Å². The van der Waals surface area contributed by atoms with E-state index in [2.05, 4.69) is 16.8 Å². The van der Waals surface area contributed by atoms with Gasteiger partial charge in [0.05, 0.1) is 0 Å². The lowest BCUT2D eigenvalue weighted by molar-refractivity contribution is -0.132. The molecule has 114 valence electrons. The van der Waals surface area contributed by atoms with Crippen molar-refractivity contribution in [3.05, 3.63) is 22.4 Å². The number of thiophene rings is 1. The van der Waals surface area contributed by atoms with Gasteiger partial charge in [0.2, 0.25) is 5.91 Å². The summed E-state index contributed by atoms with van der Waals surface area (Å²) in [6.07, 6.45) is 5.13. The van der Waals surface area contributed by atoms with Crippen LogP contribution in [0.4, 0.5) is 0 Å². The number of amides is 1. The molecule has 1 aromatic heterocycles. The fourth-order valence-electron chi connectivity index (χ4n) is 4.67. The van der Waals surface area contributed by atoms with Crippen LogP contribution in [0, 0.1) is 23.7 Å². The van der Waals surface area contributed by atoms with Crippen LogP contribution in [0.2, 0.25) is 0 Å². The summed E-state index contributed by atoms with van der Waals surface area (Å²) in [5, 5.41) is 13.9. The Hall–Kier alpha value is -0.870. The fraction of sp³-hybridized carbons (Fsp3) is 0.706. The number of aliphatic hydroxyl groups excluding tert-OH is 1. The summed E-state index contributed by atoms with van der Waals surface area (Å²) in [6, 6.07) is 2.14. The molecule has 4 rings (SSSR count). The molecule has 0 spiro atoms. The second-order valence-corrected chi connectivity index (χ2v) is 7.77. The van der Waals surface area contributed by atoms with E-state index in [4.69, 9.17) is 0 Å². The van der Waals surface area contributed by atoms with Gasteiger partial charge >= 0.3 is 0 Å². The van der Waals surface area contributed by atoms with E-state index < -0.39 is 0 Å². The average Bonchev–Trinajstić information content (AvgIpc) is 2.89. The van der Waals surface area contributed by atoms with Gasteiger partial charge in [0.15, 0.2) is 0 Å². The summed E-state index contributed by atoms with van der Waals surface area (Å²) in [7, 11) is 0. The number of aliphatic hydroxyl groups is 1. The van der Waals surface area contributed by atoms with E-state index in [0.29, 0.717) is 29.6 Å². The minimum Gasteiger partial charge on any atom is -0.396 e. The third-order valence-electron chi connectivity index (χ3n) is 5.90. The first-order chi connectivity index (χ1) is 10.3. The first-order valence-corrected chi connectivity index (χ1v) is 9.15. The standard InChI is InChI=1S/C17H23NO2S/c19-9-12-7-18(8-15(12)11-5-6-21-10-11)17(20)16-13-3-1-2-4-14(13)16/h5-6,10,12-16,19H,1-4,7-9H2/t12-,13+,14+,15-/m0/s1. The molecule has 1 aliphatic heterocycles. The van der Waals surface area contributed by atoms with Gasteiger partial charge in [-0.3, -0.25) is 4.79 Å². The average molecular weight is 305 g/mol. The lowest BCUT2D eigenvalue weighted by Crippen LogP contribution is -2.31. The molecule has 0 aromatic carbocycles. The first-order valence-electron chi connectivity index (χ1n) is 8.21. The van der Waals surface area contributed by atoms with Crippen LogP contribution in [-0.4, -0.2) is 35.6 Å². The van der Waals surface area contributed by atoms with Crippen LogP contribution in [-0.2, 0) is 4.79 Å². The van der Waals surface area contributed by atoms with Gasteiger partial charge in [-0.05, 0) is 47.1 Å². The Balaban J connectivity index is 1.46. The molecule has 2 saturated carbocycles. The number of fused-ring (bicyclic) bond motifs is 1. The van der Waals surface area contributed by atoms with Gasteiger partial charge in [-0.25, -0.2) is 0 Å². The molecular formula is C17H23NO2S. The van der Waals surface area contributed by atoms with Gasteiger partial charge in [0.25, 0.3) is 0 Å². The van der Waals surface area contributed by atoms with Gasteiger partial charge in [-0.2, -0.15) is 11.3 Å². The second kappa shape index (κ2) is 5.40. The molecule has 0 radical (unpaired) electrons. The highest BCUT2D eigenvalue weighted by atomic mass is 32.1. The number of hydrogen-bond donors (Lipinski definition) is 1. The molecule has 1 saturated heterocycles. The molecule has 2 heterocycles. The van der Waals surface area contributed by atoms with Crippen molar-refractivity contribution in [2.75, 3.05) is 19.7 Å². The third-order valence-corrected chi connectivity index (χ3v) is 6.60. The van der Waals surface area contributed by atoms with Crippen molar-refractivity contribution in [1.82, 2.24) is 4.90 Å². The lowest BCUT2D eigenvalue weighted by Gasteiger charge is -2.16. The van der Waals surface area contributed by atoms with Crippen molar-refractivity contribution in [3.8, 4) is 0 Å². The number of likely N-dealkylation sites (tertiary alicyclic amines) is 1. The highest BCUT2D eigenvalue weighted by molar-refractivity contribution is 7.08. The van der Waals surface area contributed by atoms with E-state index in [9.17, 15) is 9.90 Å². The maximum absolute atomic E-state index is 12.8. The van der Waals surface area contributed by atoms with Crippen LogP contribution >= 0.6 is 11.3 Å². The van der Waals surface area contributed by atoms with Crippen LogP contribution < -0.4 is 0 Å². The van der Waals surface area contributed by atoms with Crippen molar-refractivity contribution in [1.29, 1.82) is 0 Å². The molecule has 1 amide bonds. The smallest absolute Gasteiger partial charge is 0.226 e. The van der Waals surface area contributed by atoms with Crippen LogP contribution in [0.1, 0.15) is 37.2 Å². The Bertz CT molecular complexity index is 503. The van der Waals surface area contributed by atoms with Gasteiger partial charge in [-0.15, -0.1) is 0 Å². The molecule has 4 atom stereocenters. The predicted octanol–water partition coefficient (Wildman–Crippen LogP) is 2.72. The van der Waals surface area contributed by atoms with Crippen molar-refractivity contribution >= 4 is 17.2 Å². The Kier molecular flexibility index (Phi) is 3.54. The number of rotatable bonds is 3. The van der Waals surface area contributed by atoms with Crippen LogP contribution in [0.5, 0.6) is 0 Å². The zero-order valence-electron chi connectivity index (χ0n) is 12.3. The van der Waals surface area contributed by atoms with E-state index in [1.807, 2.05) is 4.90 Å². The number of hydrogen-bond acceptors (Lipinski definition) is 3. The zero-order chi connectivity index (χ0) is 14.4. The van der Waals surface area contributed by atoms with E-state index in [0.717, 1.165) is 13.1 Å². The van der Waals surface area contributed by atoms with Crippen molar-refractivity contribution < 1.29 is 9.90 Å². The largest absolute Gasteiger partial charge is 0.396 e. The van der Waals surface area contributed by atoms with Crippen LogP contribution in [0.15, 0.2) is 16.8 Å². The molecule has 21 heavy (non-hydrogen) atoms. The second-order valence-electron chi connectivity index (χ2n) is 6.99. The van der Waals surface area contributed by atoms with Gasteiger partial charge in [-0.1, -0.05) is 12.8 Å². The van der Waals surface area contributed by atoms with E-state index >= 15 is 0 Å². The van der Waals surface area contributed by atoms with Gasteiger partial charge < -0.3 is 10.0 Å². The molecule has 1 N–H and O–H groups in total. The quantitative estimate of drug-likeness (QED) is 0.933. The van der Waals surface area contributed by atoms with Crippen molar-refractivity contribution in [2.24, 2.45) is 23.7 Å². The molecule has 4 heteroatoms. The fourth-order valence-corrected chi connectivity index (χ4v) is 5.39. The minimum absolute atomic E-state index is 0.182. The van der Waals surface area contributed by atoms with Crippen LogP contribution in [0.25, 0.3) is 0 Å². The monoisotopic (exact) mass is 305 g/mol. The molecule has 3 nitrogen and oxygen atoms in total. The summed E-state index contributed by atoms with van der Waals surface area (Å²) in [6.45, 7) is 1.73.